The molecule has 0 radical (unpaired) electrons. The normalized spacial score (nSPS) is 18.5. The van der Waals surface area contributed by atoms with E-state index in [9.17, 15) is 13.2 Å². The smallest absolute Gasteiger partial charge is 0.227 e. The Morgan fingerprint density at radius 2 is 1.80 bits per heavy atom. The zero-order valence-corrected chi connectivity index (χ0v) is 17.7. The molecule has 2 aromatic rings. The van der Waals surface area contributed by atoms with Gasteiger partial charge in [-0.3, -0.25) is 4.79 Å². The quantitative estimate of drug-likeness (QED) is 0.730. The van der Waals surface area contributed by atoms with Crippen LogP contribution in [-0.4, -0.2) is 42.8 Å². The molecule has 160 valence electrons. The van der Waals surface area contributed by atoms with Gasteiger partial charge in [0.25, 0.3) is 0 Å². The van der Waals surface area contributed by atoms with E-state index in [0.717, 1.165) is 24.8 Å². The minimum Gasteiger partial charge on any atom is -0.474 e. The van der Waals surface area contributed by atoms with E-state index in [4.69, 9.17) is 4.74 Å². The van der Waals surface area contributed by atoms with Crippen LogP contribution in [0.3, 0.4) is 0 Å². The number of carbonyl (C=O) groups is 1. The molecule has 1 aliphatic carbocycles. The summed E-state index contributed by atoms with van der Waals surface area (Å²) in [4.78, 5) is 16.3. The zero-order chi connectivity index (χ0) is 21.0. The number of nitrogens with zero attached hydrogens (tertiary/aromatic N) is 2. The Balaban J connectivity index is 1.25. The maximum atomic E-state index is 12.7. The predicted octanol–water partition coefficient (Wildman–Crippen LogP) is 3.19. The number of hydrogen-bond acceptors (Lipinski definition) is 5. The van der Waals surface area contributed by atoms with Crippen LogP contribution in [0.15, 0.2) is 48.7 Å². The monoisotopic (exact) mass is 429 g/mol. The maximum Gasteiger partial charge on any atom is 0.227 e. The standard InChI is InChI=1S/C22H27N3O4S/c26-22(18-7-4-8-18)24-19-9-10-21(23-15-19)29-20-11-13-25(14-12-20)30(27,28)16-17-5-2-1-3-6-17/h1-3,5-6,9-10,15,18,20H,4,7-8,11-14,16H2,(H,24,26). The highest BCUT2D eigenvalue weighted by Gasteiger charge is 2.29. The van der Waals surface area contributed by atoms with Crippen molar-refractivity contribution in [3.63, 3.8) is 0 Å². The average molecular weight is 430 g/mol. The highest BCUT2D eigenvalue weighted by atomic mass is 32.2. The third kappa shape index (κ3) is 5.17. The van der Waals surface area contributed by atoms with Gasteiger partial charge in [0.15, 0.2) is 0 Å². The number of anilines is 1. The highest BCUT2D eigenvalue weighted by Crippen LogP contribution is 2.28. The summed E-state index contributed by atoms with van der Waals surface area (Å²) >= 11 is 0. The van der Waals surface area contributed by atoms with Gasteiger partial charge in [0.2, 0.25) is 21.8 Å². The van der Waals surface area contributed by atoms with E-state index < -0.39 is 10.0 Å². The van der Waals surface area contributed by atoms with Crippen molar-refractivity contribution in [1.82, 2.24) is 9.29 Å². The lowest BCUT2D eigenvalue weighted by molar-refractivity contribution is -0.122. The SMILES string of the molecule is O=C(Nc1ccc(OC2CCN(S(=O)(=O)Cc3ccccc3)CC2)nc1)C1CCC1. The third-order valence-corrected chi connectivity index (χ3v) is 7.60. The number of carbonyl (C=O) groups excluding carboxylic acids is 1. The summed E-state index contributed by atoms with van der Waals surface area (Å²) in [5, 5.41) is 2.89. The first kappa shape index (κ1) is 20.8. The Hall–Kier alpha value is -2.45. The summed E-state index contributed by atoms with van der Waals surface area (Å²) in [6.07, 6.45) is 5.81. The first-order valence-electron chi connectivity index (χ1n) is 10.4. The van der Waals surface area contributed by atoms with Gasteiger partial charge < -0.3 is 10.1 Å². The van der Waals surface area contributed by atoms with Crippen molar-refractivity contribution in [1.29, 1.82) is 0 Å². The molecule has 0 unspecified atom stereocenters. The largest absolute Gasteiger partial charge is 0.474 e. The minimum atomic E-state index is -3.33. The van der Waals surface area contributed by atoms with Gasteiger partial charge in [-0.15, -0.1) is 0 Å². The highest BCUT2D eigenvalue weighted by molar-refractivity contribution is 7.88. The first-order valence-corrected chi connectivity index (χ1v) is 12.1. The summed E-state index contributed by atoms with van der Waals surface area (Å²) in [6, 6.07) is 12.8. The molecule has 1 aromatic heterocycles. The molecule has 30 heavy (non-hydrogen) atoms. The molecular weight excluding hydrogens is 402 g/mol. The van der Waals surface area contributed by atoms with Crippen molar-refractivity contribution in [3.05, 3.63) is 54.2 Å². The number of piperidine rings is 1. The molecule has 8 heteroatoms. The molecule has 1 aliphatic heterocycles. The fraction of sp³-hybridized carbons (Fsp3) is 0.455. The van der Waals surface area contributed by atoms with Crippen molar-refractivity contribution < 1.29 is 17.9 Å². The van der Waals surface area contributed by atoms with Crippen molar-refractivity contribution in [2.24, 2.45) is 5.92 Å². The van der Waals surface area contributed by atoms with Gasteiger partial charge in [0, 0.05) is 25.1 Å². The third-order valence-electron chi connectivity index (χ3n) is 5.75. The van der Waals surface area contributed by atoms with E-state index in [1.165, 1.54) is 0 Å². The van der Waals surface area contributed by atoms with Gasteiger partial charge in [0.1, 0.15) is 6.10 Å². The molecule has 2 heterocycles. The second-order valence-electron chi connectivity index (χ2n) is 7.96. The van der Waals surface area contributed by atoms with Gasteiger partial charge in [-0.1, -0.05) is 36.8 Å². The number of pyridine rings is 1. The molecule has 7 nitrogen and oxygen atoms in total. The number of amides is 1. The molecule has 1 aromatic carbocycles. The van der Waals surface area contributed by atoms with Gasteiger partial charge in [-0.05, 0) is 37.3 Å². The molecule has 2 fully saturated rings. The Morgan fingerprint density at radius 3 is 2.40 bits per heavy atom. The van der Waals surface area contributed by atoms with Crippen LogP contribution in [0.5, 0.6) is 5.88 Å². The van der Waals surface area contributed by atoms with E-state index in [-0.39, 0.29) is 23.7 Å². The Labute approximate surface area is 177 Å². The van der Waals surface area contributed by atoms with Crippen LogP contribution in [0.25, 0.3) is 0 Å². The van der Waals surface area contributed by atoms with Crippen LogP contribution in [0.4, 0.5) is 5.69 Å². The second-order valence-corrected chi connectivity index (χ2v) is 9.93. The average Bonchev–Trinajstić information content (AvgIpc) is 2.69. The summed E-state index contributed by atoms with van der Waals surface area (Å²) in [5.74, 6) is 0.696. The maximum absolute atomic E-state index is 12.7. The molecule has 0 bridgehead atoms. The van der Waals surface area contributed by atoms with Crippen molar-refractivity contribution in [3.8, 4) is 5.88 Å². The molecule has 1 amide bonds. The molecule has 2 aliphatic rings. The van der Waals surface area contributed by atoms with E-state index in [1.54, 1.807) is 22.6 Å². The van der Waals surface area contributed by atoms with Gasteiger partial charge in [-0.2, -0.15) is 0 Å². The summed E-state index contributed by atoms with van der Waals surface area (Å²) in [5.41, 5.74) is 1.46. The van der Waals surface area contributed by atoms with Crippen LogP contribution in [0.2, 0.25) is 0 Å². The number of rotatable bonds is 7. The predicted molar refractivity (Wildman–Crippen MR) is 114 cm³/mol. The molecule has 1 saturated heterocycles. The second kappa shape index (κ2) is 9.14. The molecule has 0 atom stereocenters. The fourth-order valence-electron chi connectivity index (χ4n) is 3.71. The summed E-state index contributed by atoms with van der Waals surface area (Å²) in [6.45, 7) is 0.880. The van der Waals surface area contributed by atoms with Gasteiger partial charge in [-0.25, -0.2) is 17.7 Å². The minimum absolute atomic E-state index is 0.0228. The Bertz CT molecular complexity index is 952. The van der Waals surface area contributed by atoms with Crippen molar-refractivity contribution in [2.45, 2.75) is 44.0 Å². The van der Waals surface area contributed by atoms with E-state index in [2.05, 4.69) is 10.3 Å². The van der Waals surface area contributed by atoms with Gasteiger partial charge >= 0.3 is 0 Å². The molecular formula is C22H27N3O4S. The van der Waals surface area contributed by atoms with Crippen molar-refractivity contribution >= 4 is 21.6 Å². The molecule has 1 saturated carbocycles. The number of sulfonamides is 1. The van der Waals surface area contributed by atoms with Crippen LogP contribution >= 0.6 is 0 Å². The van der Waals surface area contributed by atoms with Gasteiger partial charge in [0.05, 0.1) is 17.6 Å². The van der Waals surface area contributed by atoms with Crippen LogP contribution in [0, 0.1) is 5.92 Å². The lowest BCUT2D eigenvalue weighted by Gasteiger charge is -2.31. The lowest BCUT2D eigenvalue weighted by atomic mass is 9.85. The van der Waals surface area contributed by atoms with E-state index in [1.807, 2.05) is 30.3 Å². The summed E-state index contributed by atoms with van der Waals surface area (Å²) < 4.78 is 32.8. The Morgan fingerprint density at radius 1 is 1.07 bits per heavy atom. The Kier molecular flexibility index (Phi) is 6.34. The molecule has 1 N–H and O–H groups in total. The number of aromatic nitrogens is 1. The zero-order valence-electron chi connectivity index (χ0n) is 16.9. The molecule has 0 spiro atoms. The van der Waals surface area contributed by atoms with Crippen LogP contribution in [-0.2, 0) is 20.6 Å². The first-order chi connectivity index (χ1) is 14.5. The number of hydrogen-bond donors (Lipinski definition) is 1. The van der Waals surface area contributed by atoms with Crippen LogP contribution in [0.1, 0.15) is 37.7 Å². The van der Waals surface area contributed by atoms with Crippen LogP contribution < -0.4 is 10.1 Å². The number of nitrogens with one attached hydrogen (secondary N) is 1. The van der Waals surface area contributed by atoms with Crippen molar-refractivity contribution in [2.75, 3.05) is 18.4 Å². The topological polar surface area (TPSA) is 88.6 Å². The van der Waals surface area contributed by atoms with E-state index in [0.29, 0.717) is 37.5 Å². The molecule has 4 rings (SSSR count). The lowest BCUT2D eigenvalue weighted by Crippen LogP contribution is -2.42. The number of benzene rings is 1. The number of ether oxygens (including phenoxy) is 1. The summed E-state index contributed by atoms with van der Waals surface area (Å²) in [7, 11) is -3.33. The van der Waals surface area contributed by atoms with E-state index >= 15 is 0 Å². The fourth-order valence-corrected chi connectivity index (χ4v) is 5.28.